The first-order chi connectivity index (χ1) is 10.0. The van der Waals surface area contributed by atoms with E-state index in [1.807, 2.05) is 20.8 Å². The predicted octanol–water partition coefficient (Wildman–Crippen LogP) is 2.48. The fraction of sp³-hybridized carbons (Fsp3) is 0.500. The Labute approximate surface area is 124 Å². The number of carbonyl (C=O) groups is 2. The molecule has 1 aliphatic rings. The molecule has 1 heterocycles. The fourth-order valence-electron chi connectivity index (χ4n) is 2.65. The van der Waals surface area contributed by atoms with Crippen molar-refractivity contribution in [2.24, 2.45) is 5.92 Å². The van der Waals surface area contributed by atoms with E-state index < -0.39 is 17.9 Å². The molecular weight excluding hydrogens is 271 g/mol. The van der Waals surface area contributed by atoms with Crippen LogP contribution >= 0.6 is 0 Å². The summed E-state index contributed by atoms with van der Waals surface area (Å²) in [5.74, 6) is -0.929. The molecule has 1 aliphatic heterocycles. The van der Waals surface area contributed by atoms with Gasteiger partial charge in [-0.05, 0) is 24.5 Å². The molecule has 0 aliphatic carbocycles. The van der Waals surface area contributed by atoms with Gasteiger partial charge in [-0.1, -0.05) is 39.3 Å². The minimum atomic E-state index is -0.658. The highest BCUT2D eigenvalue weighted by Crippen LogP contribution is 2.27. The maximum absolute atomic E-state index is 14.1. The number of amides is 2. The monoisotopic (exact) mass is 292 g/mol. The second-order valence-corrected chi connectivity index (χ2v) is 5.46. The summed E-state index contributed by atoms with van der Waals surface area (Å²) in [6, 6.07) is 4.84. The largest absolute Gasteiger partial charge is 0.342 e. The first-order valence-corrected chi connectivity index (χ1v) is 7.39. The molecule has 0 bridgehead atoms. The van der Waals surface area contributed by atoms with Gasteiger partial charge in [0, 0.05) is 0 Å². The first-order valence-electron chi connectivity index (χ1n) is 7.39. The second-order valence-electron chi connectivity index (χ2n) is 5.46. The van der Waals surface area contributed by atoms with E-state index in [-0.39, 0.29) is 23.4 Å². The lowest BCUT2D eigenvalue weighted by Gasteiger charge is -2.40. The quantitative estimate of drug-likeness (QED) is 0.927. The molecule has 3 unspecified atom stereocenters. The van der Waals surface area contributed by atoms with E-state index in [0.29, 0.717) is 6.42 Å². The summed E-state index contributed by atoms with van der Waals surface area (Å²) < 4.78 is 14.1. The third-order valence-corrected chi connectivity index (χ3v) is 4.13. The normalized spacial score (nSPS) is 23.9. The number of nitrogens with zero attached hydrogens (tertiary/aromatic N) is 1. The van der Waals surface area contributed by atoms with Crippen LogP contribution in [0.3, 0.4) is 0 Å². The van der Waals surface area contributed by atoms with E-state index >= 15 is 0 Å². The van der Waals surface area contributed by atoms with Crippen LogP contribution in [0.2, 0.25) is 0 Å². The number of para-hydroxylation sites is 1. The van der Waals surface area contributed by atoms with Gasteiger partial charge in [-0.2, -0.15) is 0 Å². The predicted molar refractivity (Wildman–Crippen MR) is 79.4 cm³/mol. The van der Waals surface area contributed by atoms with Crippen molar-refractivity contribution in [3.8, 4) is 0 Å². The molecule has 1 aromatic carbocycles. The average Bonchev–Trinajstić information content (AvgIpc) is 2.49. The Kier molecular flexibility index (Phi) is 4.60. The Morgan fingerprint density at radius 3 is 2.52 bits per heavy atom. The number of piperazine rings is 1. The topological polar surface area (TPSA) is 49.4 Å². The lowest BCUT2D eigenvalue weighted by atomic mass is 9.93. The molecule has 4 nitrogen and oxygen atoms in total. The number of carbonyl (C=O) groups excluding carboxylic acids is 2. The van der Waals surface area contributed by atoms with Crippen LogP contribution in [0.25, 0.3) is 0 Å². The van der Waals surface area contributed by atoms with E-state index in [0.717, 1.165) is 6.42 Å². The number of rotatable bonds is 4. The van der Waals surface area contributed by atoms with Crippen LogP contribution < -0.4 is 10.2 Å². The summed E-state index contributed by atoms with van der Waals surface area (Å²) in [6.07, 6.45) is 1.21. The van der Waals surface area contributed by atoms with Gasteiger partial charge in [0.25, 0.3) is 5.91 Å². The molecule has 0 aromatic heterocycles. The maximum atomic E-state index is 14.1. The third kappa shape index (κ3) is 2.77. The molecule has 3 atom stereocenters. The SMILES string of the molecule is CCC(C)C1NC(=O)C(CC)N(c2ccccc2F)C1=O. The van der Waals surface area contributed by atoms with Gasteiger partial charge in [-0.15, -0.1) is 0 Å². The van der Waals surface area contributed by atoms with Crippen molar-refractivity contribution < 1.29 is 14.0 Å². The average molecular weight is 292 g/mol. The zero-order valence-corrected chi connectivity index (χ0v) is 12.6. The summed E-state index contributed by atoms with van der Waals surface area (Å²) in [6.45, 7) is 5.69. The Bertz CT molecular complexity index is 547. The standard InChI is InChI=1S/C16H21FN2O2/c1-4-10(3)14-16(21)19(12(5-2)15(20)18-14)13-9-7-6-8-11(13)17/h6-10,12,14H,4-5H2,1-3H3,(H,18,20). The van der Waals surface area contributed by atoms with Crippen LogP contribution in [0, 0.1) is 11.7 Å². The van der Waals surface area contributed by atoms with Crippen LogP contribution in [0.5, 0.6) is 0 Å². The fourth-order valence-corrected chi connectivity index (χ4v) is 2.65. The van der Waals surface area contributed by atoms with Crippen LogP contribution in [0.15, 0.2) is 24.3 Å². The van der Waals surface area contributed by atoms with E-state index in [1.165, 1.54) is 11.0 Å². The molecule has 1 fully saturated rings. The Balaban J connectivity index is 2.45. The van der Waals surface area contributed by atoms with E-state index in [1.54, 1.807) is 18.2 Å². The number of hydrogen-bond acceptors (Lipinski definition) is 2. The van der Waals surface area contributed by atoms with Crippen LogP contribution in [-0.2, 0) is 9.59 Å². The molecule has 0 radical (unpaired) electrons. The highest BCUT2D eigenvalue weighted by atomic mass is 19.1. The molecule has 114 valence electrons. The van der Waals surface area contributed by atoms with Crippen molar-refractivity contribution in [1.29, 1.82) is 0 Å². The molecule has 1 aromatic rings. The highest BCUT2D eigenvalue weighted by molar-refractivity contribution is 6.08. The summed E-state index contributed by atoms with van der Waals surface area (Å²) >= 11 is 0. The van der Waals surface area contributed by atoms with Crippen LogP contribution in [0.4, 0.5) is 10.1 Å². The van der Waals surface area contributed by atoms with Gasteiger partial charge in [0.2, 0.25) is 5.91 Å². The summed E-state index contributed by atoms with van der Waals surface area (Å²) in [5, 5.41) is 2.78. The van der Waals surface area contributed by atoms with Gasteiger partial charge in [-0.25, -0.2) is 4.39 Å². The van der Waals surface area contributed by atoms with E-state index in [4.69, 9.17) is 0 Å². The first kappa shape index (κ1) is 15.5. The van der Waals surface area contributed by atoms with E-state index in [9.17, 15) is 14.0 Å². The number of anilines is 1. The molecular formula is C16H21FN2O2. The minimum absolute atomic E-state index is 0.00790. The van der Waals surface area contributed by atoms with Gasteiger partial charge in [0.1, 0.15) is 17.9 Å². The van der Waals surface area contributed by atoms with Crippen molar-refractivity contribution >= 4 is 17.5 Å². The number of nitrogens with one attached hydrogen (secondary N) is 1. The molecule has 1 N–H and O–H groups in total. The molecule has 5 heteroatoms. The smallest absolute Gasteiger partial charge is 0.250 e. The van der Waals surface area contributed by atoms with Crippen molar-refractivity contribution in [1.82, 2.24) is 5.32 Å². The summed E-state index contributed by atoms with van der Waals surface area (Å²) in [5.41, 5.74) is 0.178. The van der Waals surface area contributed by atoms with Crippen LogP contribution in [-0.4, -0.2) is 23.9 Å². The Morgan fingerprint density at radius 2 is 1.95 bits per heavy atom. The Hall–Kier alpha value is -1.91. The molecule has 0 spiro atoms. The van der Waals surface area contributed by atoms with Crippen molar-refractivity contribution in [3.63, 3.8) is 0 Å². The van der Waals surface area contributed by atoms with Gasteiger partial charge >= 0.3 is 0 Å². The number of halogens is 1. The lowest BCUT2D eigenvalue weighted by Crippen LogP contribution is -2.65. The number of hydrogen-bond donors (Lipinski definition) is 1. The Morgan fingerprint density at radius 1 is 1.29 bits per heavy atom. The molecule has 21 heavy (non-hydrogen) atoms. The third-order valence-electron chi connectivity index (χ3n) is 4.13. The van der Waals surface area contributed by atoms with Crippen molar-refractivity contribution in [3.05, 3.63) is 30.1 Å². The molecule has 2 amide bonds. The molecule has 1 saturated heterocycles. The van der Waals surface area contributed by atoms with Crippen LogP contribution in [0.1, 0.15) is 33.6 Å². The van der Waals surface area contributed by atoms with Gasteiger partial charge in [-0.3, -0.25) is 14.5 Å². The summed E-state index contributed by atoms with van der Waals surface area (Å²) in [7, 11) is 0. The summed E-state index contributed by atoms with van der Waals surface area (Å²) in [4.78, 5) is 26.3. The zero-order chi connectivity index (χ0) is 15.6. The van der Waals surface area contributed by atoms with Gasteiger partial charge < -0.3 is 5.32 Å². The van der Waals surface area contributed by atoms with Gasteiger partial charge in [0.05, 0.1) is 5.69 Å². The molecule has 0 saturated carbocycles. The van der Waals surface area contributed by atoms with Crippen molar-refractivity contribution in [2.45, 2.75) is 45.7 Å². The molecule has 2 rings (SSSR count). The maximum Gasteiger partial charge on any atom is 0.250 e. The number of benzene rings is 1. The zero-order valence-electron chi connectivity index (χ0n) is 12.6. The minimum Gasteiger partial charge on any atom is -0.342 e. The lowest BCUT2D eigenvalue weighted by molar-refractivity contribution is -0.135. The van der Waals surface area contributed by atoms with E-state index in [2.05, 4.69) is 5.32 Å². The van der Waals surface area contributed by atoms with Gasteiger partial charge in [0.15, 0.2) is 0 Å². The second kappa shape index (κ2) is 6.24. The van der Waals surface area contributed by atoms with Crippen molar-refractivity contribution in [2.75, 3.05) is 4.90 Å². The highest BCUT2D eigenvalue weighted by Gasteiger charge is 2.42.